The highest BCUT2D eigenvalue weighted by atomic mass is 79.9. The van der Waals surface area contributed by atoms with Crippen LogP contribution in [0, 0.1) is 0 Å². The number of nitrogens with two attached hydrogens (primary N) is 1. The minimum absolute atomic E-state index is 0.0440. The van der Waals surface area contributed by atoms with E-state index in [1.807, 2.05) is 42.5 Å². The molecule has 1 unspecified atom stereocenters. The van der Waals surface area contributed by atoms with Crippen molar-refractivity contribution in [2.75, 3.05) is 32.0 Å². The average Bonchev–Trinajstić information content (AvgIpc) is 2.87. The van der Waals surface area contributed by atoms with E-state index in [9.17, 15) is 0 Å². The van der Waals surface area contributed by atoms with E-state index in [1.54, 1.807) is 19.5 Å². The molecule has 33 heavy (non-hydrogen) atoms. The van der Waals surface area contributed by atoms with Crippen molar-refractivity contribution in [3.63, 3.8) is 0 Å². The van der Waals surface area contributed by atoms with Crippen molar-refractivity contribution >= 4 is 33.4 Å². The zero-order valence-electron chi connectivity index (χ0n) is 18.7. The summed E-state index contributed by atoms with van der Waals surface area (Å²) in [7, 11) is 1.71. The number of pyridine rings is 1. The summed E-state index contributed by atoms with van der Waals surface area (Å²) in [5, 5.41) is 6.85. The third kappa shape index (κ3) is 8.04. The average molecular weight is 508 g/mol. The molecule has 1 aliphatic rings. The standard InChI is InChI=1S/C20H24BrN5O.C6H6/c1-23-10-16(9-22)15-8-19-20(26-11-15)27-18(13-25-19)12-24-7-6-14-2-4-17(21)5-3-14;1-2-4-6-5-3-1/h2-5,8-11,18,24-25H,6-7,12-13,22H2,1H3;1-6H/b16-9+,23-10?;. The Morgan fingerprint density at radius 2 is 1.91 bits per heavy atom. The number of aliphatic imine (C=N–C) groups is 1. The van der Waals surface area contributed by atoms with Crippen LogP contribution >= 0.6 is 15.9 Å². The zero-order valence-corrected chi connectivity index (χ0v) is 20.3. The summed E-state index contributed by atoms with van der Waals surface area (Å²) >= 11 is 3.46. The first-order valence-electron chi connectivity index (χ1n) is 10.9. The Morgan fingerprint density at radius 3 is 2.55 bits per heavy atom. The Bertz CT molecular complexity index is 1010. The molecule has 1 aliphatic heterocycles. The lowest BCUT2D eigenvalue weighted by Crippen LogP contribution is -2.40. The van der Waals surface area contributed by atoms with Crippen LogP contribution in [-0.2, 0) is 6.42 Å². The molecule has 0 spiro atoms. The number of anilines is 1. The van der Waals surface area contributed by atoms with E-state index in [-0.39, 0.29) is 6.10 Å². The van der Waals surface area contributed by atoms with Gasteiger partial charge in [0.25, 0.3) is 0 Å². The number of halogens is 1. The van der Waals surface area contributed by atoms with Crippen molar-refractivity contribution in [3.8, 4) is 5.88 Å². The van der Waals surface area contributed by atoms with Crippen molar-refractivity contribution in [1.29, 1.82) is 0 Å². The molecule has 6 nitrogen and oxygen atoms in total. The fraction of sp³-hybridized carbons (Fsp3) is 0.231. The number of rotatable bonds is 7. The Hall–Kier alpha value is -3.16. The molecule has 3 aromatic rings. The second-order valence-electron chi connectivity index (χ2n) is 7.44. The zero-order chi connectivity index (χ0) is 23.3. The van der Waals surface area contributed by atoms with Gasteiger partial charge in [0.15, 0.2) is 0 Å². The quantitative estimate of drug-likeness (QED) is 0.323. The van der Waals surface area contributed by atoms with Gasteiger partial charge in [-0.3, -0.25) is 4.99 Å². The SMILES string of the molecule is CN=C/C(=C\N)c1cnc2c(c1)NCC(CNCCc1ccc(Br)cc1)O2.c1ccccc1. The number of hydrogen-bond donors (Lipinski definition) is 3. The molecule has 0 aliphatic carbocycles. The van der Waals surface area contributed by atoms with Crippen LogP contribution in [0.2, 0.25) is 0 Å². The first-order valence-corrected chi connectivity index (χ1v) is 11.7. The number of allylic oxidation sites excluding steroid dienone is 1. The molecule has 0 saturated carbocycles. The van der Waals surface area contributed by atoms with Gasteiger partial charge in [-0.05, 0) is 36.7 Å². The third-order valence-electron chi connectivity index (χ3n) is 4.97. The molecule has 2 heterocycles. The van der Waals surface area contributed by atoms with Crippen LogP contribution in [0.25, 0.3) is 5.57 Å². The van der Waals surface area contributed by atoms with Gasteiger partial charge in [0.05, 0.1) is 12.2 Å². The van der Waals surface area contributed by atoms with Crippen LogP contribution < -0.4 is 21.1 Å². The van der Waals surface area contributed by atoms with E-state index in [2.05, 4.69) is 60.8 Å². The predicted octanol–water partition coefficient (Wildman–Crippen LogP) is 4.54. The highest BCUT2D eigenvalue weighted by Crippen LogP contribution is 2.29. The van der Waals surface area contributed by atoms with Gasteiger partial charge < -0.3 is 21.1 Å². The third-order valence-corrected chi connectivity index (χ3v) is 5.50. The summed E-state index contributed by atoms with van der Waals surface area (Å²) in [4.78, 5) is 8.44. The number of nitrogens with zero attached hydrogens (tertiary/aromatic N) is 2. The van der Waals surface area contributed by atoms with Crippen molar-refractivity contribution in [1.82, 2.24) is 10.3 Å². The Morgan fingerprint density at radius 1 is 1.21 bits per heavy atom. The monoisotopic (exact) mass is 507 g/mol. The molecule has 0 radical (unpaired) electrons. The summed E-state index contributed by atoms with van der Waals surface area (Å²) in [6.45, 7) is 2.40. The van der Waals surface area contributed by atoms with Crippen LogP contribution in [-0.4, -0.2) is 44.0 Å². The predicted molar refractivity (Wildman–Crippen MR) is 141 cm³/mol. The van der Waals surface area contributed by atoms with Gasteiger partial charge in [0, 0.05) is 47.8 Å². The van der Waals surface area contributed by atoms with Crippen LogP contribution in [0.4, 0.5) is 5.69 Å². The molecule has 1 atom stereocenters. The molecular weight excluding hydrogens is 478 g/mol. The summed E-state index contributed by atoms with van der Waals surface area (Å²) < 4.78 is 7.10. The summed E-state index contributed by atoms with van der Waals surface area (Å²) in [6, 6.07) is 22.4. The molecule has 0 fully saturated rings. The fourth-order valence-electron chi connectivity index (χ4n) is 3.25. The molecule has 0 amide bonds. The van der Waals surface area contributed by atoms with Gasteiger partial charge >= 0.3 is 0 Å². The Balaban J connectivity index is 0.000000442. The van der Waals surface area contributed by atoms with Crippen molar-refractivity contribution in [3.05, 3.63) is 94.7 Å². The summed E-state index contributed by atoms with van der Waals surface area (Å²) in [5.74, 6) is 0.620. The van der Waals surface area contributed by atoms with Gasteiger partial charge in [0.2, 0.25) is 5.88 Å². The van der Waals surface area contributed by atoms with Crippen molar-refractivity contribution in [2.45, 2.75) is 12.5 Å². The second-order valence-corrected chi connectivity index (χ2v) is 8.36. The number of benzene rings is 2. The minimum Gasteiger partial charge on any atom is -0.470 e. The topological polar surface area (TPSA) is 84.6 Å². The number of aromatic nitrogens is 1. The maximum Gasteiger partial charge on any atom is 0.237 e. The molecule has 0 bridgehead atoms. The Kier molecular flexibility index (Phi) is 9.94. The largest absolute Gasteiger partial charge is 0.470 e. The lowest BCUT2D eigenvalue weighted by atomic mass is 10.1. The molecule has 172 valence electrons. The number of ether oxygens (including phenoxy) is 1. The minimum atomic E-state index is 0.0440. The highest BCUT2D eigenvalue weighted by Gasteiger charge is 2.20. The summed E-state index contributed by atoms with van der Waals surface area (Å²) in [5.41, 5.74) is 9.58. The van der Waals surface area contributed by atoms with Crippen molar-refractivity contribution < 1.29 is 4.74 Å². The van der Waals surface area contributed by atoms with E-state index in [0.717, 1.165) is 47.4 Å². The molecule has 7 heteroatoms. The number of nitrogens with one attached hydrogen (secondary N) is 2. The van der Waals surface area contributed by atoms with Crippen LogP contribution in [0.1, 0.15) is 11.1 Å². The summed E-state index contributed by atoms with van der Waals surface area (Å²) in [6.07, 6.45) is 6.02. The van der Waals surface area contributed by atoms with E-state index in [1.165, 1.54) is 11.8 Å². The van der Waals surface area contributed by atoms with Gasteiger partial charge in [-0.25, -0.2) is 4.98 Å². The molecule has 0 saturated heterocycles. The molecular formula is C26H30BrN5O. The fourth-order valence-corrected chi connectivity index (χ4v) is 3.52. The smallest absolute Gasteiger partial charge is 0.237 e. The molecule has 4 rings (SSSR count). The van der Waals surface area contributed by atoms with Crippen LogP contribution in [0.15, 0.2) is 88.6 Å². The number of fused-ring (bicyclic) bond motifs is 1. The maximum atomic E-state index is 6.00. The highest BCUT2D eigenvalue weighted by molar-refractivity contribution is 9.10. The van der Waals surface area contributed by atoms with E-state index in [4.69, 9.17) is 10.5 Å². The van der Waals surface area contributed by atoms with E-state index >= 15 is 0 Å². The van der Waals surface area contributed by atoms with Gasteiger partial charge in [-0.1, -0.05) is 64.5 Å². The lowest BCUT2D eigenvalue weighted by Gasteiger charge is -2.27. The second kappa shape index (κ2) is 13.4. The first-order chi connectivity index (χ1) is 16.2. The van der Waals surface area contributed by atoms with E-state index < -0.39 is 0 Å². The maximum absolute atomic E-state index is 6.00. The van der Waals surface area contributed by atoms with E-state index in [0.29, 0.717) is 5.88 Å². The van der Waals surface area contributed by atoms with Crippen LogP contribution in [0.5, 0.6) is 5.88 Å². The van der Waals surface area contributed by atoms with Crippen LogP contribution in [0.3, 0.4) is 0 Å². The van der Waals surface area contributed by atoms with Gasteiger partial charge in [0.1, 0.15) is 6.10 Å². The Labute approximate surface area is 204 Å². The van der Waals surface area contributed by atoms with Crippen molar-refractivity contribution in [2.24, 2.45) is 10.7 Å². The molecule has 1 aromatic heterocycles. The first kappa shape index (κ1) is 24.5. The van der Waals surface area contributed by atoms with Gasteiger partial charge in [-0.15, -0.1) is 0 Å². The van der Waals surface area contributed by atoms with Gasteiger partial charge in [-0.2, -0.15) is 0 Å². The molecule has 4 N–H and O–H groups in total. The lowest BCUT2D eigenvalue weighted by molar-refractivity contribution is 0.194. The normalized spacial score (nSPS) is 15.1. The molecule has 2 aromatic carbocycles. The number of hydrogen-bond acceptors (Lipinski definition) is 6.